The highest BCUT2D eigenvalue weighted by atomic mass is 16.5. The molecule has 0 saturated carbocycles. The van der Waals surface area contributed by atoms with Crippen molar-refractivity contribution in [3.8, 4) is 0 Å². The number of aromatic nitrogens is 2. The van der Waals surface area contributed by atoms with Crippen LogP contribution in [0.4, 0.5) is 0 Å². The maximum atomic E-state index is 11.7. The van der Waals surface area contributed by atoms with Gasteiger partial charge in [0.25, 0.3) is 0 Å². The predicted molar refractivity (Wildman–Crippen MR) is 72.9 cm³/mol. The molecule has 20 heavy (non-hydrogen) atoms. The van der Waals surface area contributed by atoms with E-state index in [1.54, 1.807) is 6.92 Å². The van der Waals surface area contributed by atoms with Crippen molar-refractivity contribution >= 4 is 5.91 Å². The summed E-state index contributed by atoms with van der Waals surface area (Å²) in [5.41, 5.74) is 0. The van der Waals surface area contributed by atoms with Crippen LogP contribution in [0.3, 0.4) is 0 Å². The molecular formula is C14H22N4O2. The van der Waals surface area contributed by atoms with Crippen LogP contribution in [0.25, 0.3) is 0 Å². The highest BCUT2D eigenvalue weighted by molar-refractivity contribution is 5.74. The minimum atomic E-state index is 0.202. The molecule has 6 heteroatoms. The van der Waals surface area contributed by atoms with Crippen LogP contribution in [0.2, 0.25) is 0 Å². The van der Waals surface area contributed by atoms with Crippen LogP contribution >= 0.6 is 0 Å². The van der Waals surface area contributed by atoms with Gasteiger partial charge >= 0.3 is 0 Å². The maximum Gasteiger partial charge on any atom is 0.240 e. The average molecular weight is 278 g/mol. The molecule has 1 amide bonds. The van der Waals surface area contributed by atoms with Crippen molar-refractivity contribution in [3.05, 3.63) is 11.7 Å². The third-order valence-electron chi connectivity index (χ3n) is 4.47. The Hall–Kier alpha value is -1.43. The van der Waals surface area contributed by atoms with Crippen LogP contribution in [0.15, 0.2) is 4.52 Å². The first-order chi connectivity index (χ1) is 9.65. The quantitative estimate of drug-likeness (QED) is 0.835. The molecule has 2 aliphatic rings. The number of hydrogen-bond donors (Lipinski definition) is 0. The van der Waals surface area contributed by atoms with Crippen molar-refractivity contribution in [2.24, 2.45) is 0 Å². The van der Waals surface area contributed by atoms with E-state index in [2.05, 4.69) is 15.0 Å². The molecule has 3 heterocycles. The Morgan fingerprint density at radius 1 is 1.30 bits per heavy atom. The van der Waals surface area contributed by atoms with E-state index < -0.39 is 0 Å². The van der Waals surface area contributed by atoms with Crippen molar-refractivity contribution < 1.29 is 9.32 Å². The molecule has 0 radical (unpaired) electrons. The van der Waals surface area contributed by atoms with Crippen LogP contribution in [0.1, 0.15) is 44.3 Å². The highest BCUT2D eigenvalue weighted by Gasteiger charge is 2.39. The Morgan fingerprint density at radius 2 is 2.05 bits per heavy atom. The molecule has 2 atom stereocenters. The van der Waals surface area contributed by atoms with Gasteiger partial charge in [-0.3, -0.25) is 9.69 Å². The second-order valence-electron chi connectivity index (χ2n) is 5.84. The fourth-order valence-electron chi connectivity index (χ4n) is 3.65. The first-order valence-corrected chi connectivity index (χ1v) is 7.45. The van der Waals surface area contributed by atoms with Gasteiger partial charge in [-0.25, -0.2) is 0 Å². The number of nitrogens with zero attached hydrogens (tertiary/aromatic N) is 4. The fourth-order valence-corrected chi connectivity index (χ4v) is 3.65. The first kappa shape index (κ1) is 13.5. The van der Waals surface area contributed by atoms with Gasteiger partial charge in [-0.15, -0.1) is 0 Å². The highest BCUT2D eigenvalue weighted by Crippen LogP contribution is 2.30. The third-order valence-corrected chi connectivity index (χ3v) is 4.47. The molecular weight excluding hydrogens is 256 g/mol. The summed E-state index contributed by atoms with van der Waals surface area (Å²) in [4.78, 5) is 20.5. The van der Waals surface area contributed by atoms with Gasteiger partial charge < -0.3 is 9.42 Å². The number of amides is 1. The summed E-state index contributed by atoms with van der Waals surface area (Å²) >= 11 is 0. The van der Waals surface area contributed by atoms with Crippen molar-refractivity contribution in [3.63, 3.8) is 0 Å². The molecule has 1 aromatic rings. The Morgan fingerprint density at radius 3 is 2.75 bits per heavy atom. The van der Waals surface area contributed by atoms with Gasteiger partial charge in [0.15, 0.2) is 5.82 Å². The Kier molecular flexibility index (Phi) is 3.74. The predicted octanol–water partition coefficient (Wildman–Crippen LogP) is 1.35. The van der Waals surface area contributed by atoms with E-state index in [4.69, 9.17) is 4.52 Å². The second-order valence-corrected chi connectivity index (χ2v) is 5.84. The number of aryl methyl sites for hydroxylation is 1. The van der Waals surface area contributed by atoms with Gasteiger partial charge in [-0.05, 0) is 39.2 Å². The molecule has 2 fully saturated rings. The SMILES string of the molecule is CC(=O)N1CCC[C@@H]1[C@H]1CCCN1Cc1nc(C)no1. The lowest BCUT2D eigenvalue weighted by Crippen LogP contribution is -2.47. The van der Waals surface area contributed by atoms with E-state index in [-0.39, 0.29) is 5.91 Å². The molecule has 0 aliphatic carbocycles. The van der Waals surface area contributed by atoms with E-state index in [1.807, 2.05) is 11.8 Å². The number of hydrogen-bond acceptors (Lipinski definition) is 5. The van der Waals surface area contributed by atoms with Crippen LogP contribution < -0.4 is 0 Å². The van der Waals surface area contributed by atoms with Gasteiger partial charge in [0, 0.05) is 25.6 Å². The fraction of sp³-hybridized carbons (Fsp3) is 0.786. The summed E-state index contributed by atoms with van der Waals surface area (Å²) in [7, 11) is 0. The van der Waals surface area contributed by atoms with E-state index in [0.29, 0.717) is 30.3 Å². The summed E-state index contributed by atoms with van der Waals surface area (Å²) in [5.74, 6) is 1.57. The summed E-state index contributed by atoms with van der Waals surface area (Å²) < 4.78 is 5.23. The Balaban J connectivity index is 1.70. The zero-order valence-corrected chi connectivity index (χ0v) is 12.2. The molecule has 110 valence electrons. The number of rotatable bonds is 3. The normalized spacial score (nSPS) is 27.4. The minimum Gasteiger partial charge on any atom is -0.338 e. The number of likely N-dealkylation sites (tertiary alicyclic amines) is 2. The lowest BCUT2D eigenvalue weighted by molar-refractivity contribution is -0.130. The monoisotopic (exact) mass is 278 g/mol. The first-order valence-electron chi connectivity index (χ1n) is 7.45. The summed E-state index contributed by atoms with van der Waals surface area (Å²) in [5, 5.41) is 3.85. The Labute approximate surface area is 119 Å². The van der Waals surface area contributed by atoms with Crippen LogP contribution in [0.5, 0.6) is 0 Å². The molecule has 0 bridgehead atoms. The largest absolute Gasteiger partial charge is 0.338 e. The Bertz CT molecular complexity index is 487. The van der Waals surface area contributed by atoms with Gasteiger partial charge in [-0.1, -0.05) is 5.16 Å². The minimum absolute atomic E-state index is 0.202. The zero-order valence-electron chi connectivity index (χ0n) is 12.2. The molecule has 6 nitrogen and oxygen atoms in total. The van der Waals surface area contributed by atoms with Crippen molar-refractivity contribution in [2.45, 2.75) is 58.2 Å². The van der Waals surface area contributed by atoms with Crippen LogP contribution in [-0.4, -0.2) is 51.0 Å². The molecule has 1 aromatic heterocycles. The van der Waals surface area contributed by atoms with Gasteiger partial charge in [0.1, 0.15) is 0 Å². The maximum absolute atomic E-state index is 11.7. The second kappa shape index (κ2) is 5.52. The van der Waals surface area contributed by atoms with E-state index >= 15 is 0 Å². The van der Waals surface area contributed by atoms with Crippen molar-refractivity contribution in [1.29, 1.82) is 0 Å². The summed E-state index contributed by atoms with van der Waals surface area (Å²) in [6.45, 7) is 6.17. The van der Waals surface area contributed by atoms with Crippen molar-refractivity contribution in [1.82, 2.24) is 19.9 Å². The lowest BCUT2D eigenvalue weighted by atomic mass is 10.0. The topological polar surface area (TPSA) is 62.5 Å². The average Bonchev–Trinajstić information content (AvgIpc) is 3.09. The number of carbonyl (C=O) groups excluding carboxylic acids is 1. The summed E-state index contributed by atoms with van der Waals surface area (Å²) in [6, 6.07) is 0.799. The van der Waals surface area contributed by atoms with Crippen LogP contribution in [0, 0.1) is 6.92 Å². The zero-order chi connectivity index (χ0) is 14.1. The van der Waals surface area contributed by atoms with Crippen LogP contribution in [-0.2, 0) is 11.3 Å². The van der Waals surface area contributed by atoms with E-state index in [0.717, 1.165) is 32.4 Å². The van der Waals surface area contributed by atoms with E-state index in [1.165, 1.54) is 6.42 Å². The molecule has 2 aliphatic heterocycles. The number of carbonyl (C=O) groups is 1. The molecule has 0 N–H and O–H groups in total. The molecule has 0 unspecified atom stereocenters. The molecule has 2 saturated heterocycles. The summed E-state index contributed by atoms with van der Waals surface area (Å²) in [6.07, 6.45) is 4.57. The van der Waals surface area contributed by atoms with Gasteiger partial charge in [0.2, 0.25) is 11.8 Å². The van der Waals surface area contributed by atoms with Gasteiger partial charge in [0.05, 0.1) is 6.54 Å². The van der Waals surface area contributed by atoms with Gasteiger partial charge in [-0.2, -0.15) is 4.98 Å². The lowest BCUT2D eigenvalue weighted by Gasteiger charge is -2.33. The third kappa shape index (κ3) is 2.57. The molecule has 3 rings (SSSR count). The van der Waals surface area contributed by atoms with E-state index in [9.17, 15) is 4.79 Å². The molecule has 0 spiro atoms. The van der Waals surface area contributed by atoms with Crippen molar-refractivity contribution in [2.75, 3.05) is 13.1 Å². The smallest absolute Gasteiger partial charge is 0.240 e. The molecule has 0 aromatic carbocycles. The standard InChI is InChI=1S/C14H22N4O2/c1-10-15-14(20-16-10)9-17-7-3-5-12(17)13-6-4-8-18(13)11(2)19/h12-13H,3-9H2,1-2H3/t12-,13-/m1/s1.